The van der Waals surface area contributed by atoms with E-state index in [0.29, 0.717) is 0 Å². The minimum absolute atomic E-state index is 0. The summed E-state index contributed by atoms with van der Waals surface area (Å²) in [7, 11) is 0. The van der Waals surface area contributed by atoms with Gasteiger partial charge in [0.1, 0.15) is 0 Å². The van der Waals surface area contributed by atoms with Gasteiger partial charge in [-0.15, -0.1) is 0 Å². The minimum Gasteiger partial charge on any atom is -0.550 e. The maximum Gasteiger partial charge on any atom is 1.00 e. The maximum absolute atomic E-state index is 9.71. The van der Waals surface area contributed by atoms with Crippen LogP contribution >= 0.6 is 0 Å². The van der Waals surface area contributed by atoms with Crippen LogP contribution in [0.15, 0.2) is 0 Å². The summed E-state index contributed by atoms with van der Waals surface area (Å²) >= 11 is 0. The van der Waals surface area contributed by atoms with E-state index in [1.54, 1.807) is 0 Å². The summed E-state index contributed by atoms with van der Waals surface area (Å²) in [5.74, 6) is -3.08. The molecule has 0 saturated carbocycles. The molecule has 0 rings (SSSR count). The molecule has 0 heterocycles. The molecule has 5 nitrogen and oxygen atoms in total. The number of nitrogens with two attached hydrogens (primary N) is 1. The molecule has 0 aliphatic heterocycles. The van der Waals surface area contributed by atoms with Gasteiger partial charge in [0.2, 0.25) is 0 Å². The normalized spacial score (nSPS) is 10.3. The average molecular weight is 302 g/mol. The third-order valence-corrected chi connectivity index (χ3v) is 0.689. The Morgan fingerprint density at radius 2 is 1.64 bits per heavy atom. The van der Waals surface area contributed by atoms with Crippen molar-refractivity contribution < 1.29 is 136 Å². The zero-order chi connectivity index (χ0) is 7.44. The second-order valence-electron chi connectivity index (χ2n) is 1.50. The van der Waals surface area contributed by atoms with E-state index < -0.39 is 24.4 Å². The first-order valence-corrected chi connectivity index (χ1v) is 2.20. The summed E-state index contributed by atoms with van der Waals surface area (Å²) in [5, 5.41) is 19.3. The molecule has 0 spiro atoms. The second kappa shape index (κ2) is 10.6. The Labute approximate surface area is 162 Å². The van der Waals surface area contributed by atoms with E-state index in [1.165, 1.54) is 0 Å². The molecule has 0 aliphatic carbocycles. The van der Waals surface area contributed by atoms with Crippen LogP contribution in [0, 0.1) is 0 Å². The summed E-state index contributed by atoms with van der Waals surface area (Å²) in [6, 6.07) is -1.46. The number of carbonyl (C=O) groups is 2. The molecule has 0 aromatic heterocycles. The first-order chi connectivity index (χ1) is 4.04. The van der Waals surface area contributed by atoms with Crippen molar-refractivity contribution in [3.63, 3.8) is 0 Å². The van der Waals surface area contributed by atoms with E-state index in [0.717, 1.165) is 0 Å². The summed E-state index contributed by atoms with van der Waals surface area (Å²) < 4.78 is 0. The smallest absolute Gasteiger partial charge is 0.550 e. The van der Waals surface area contributed by atoms with Crippen molar-refractivity contribution in [2.75, 3.05) is 0 Å². The Hall–Kier alpha value is 2.51. The van der Waals surface area contributed by atoms with Crippen LogP contribution in [-0.4, -0.2) is 18.0 Å². The number of carboxylic acids is 2. The van der Waals surface area contributed by atoms with Crippen molar-refractivity contribution in [2.24, 2.45) is 5.73 Å². The Morgan fingerprint density at radius 3 is 1.73 bits per heavy atom. The number of hydrogen-bond acceptors (Lipinski definition) is 5. The van der Waals surface area contributed by atoms with Crippen molar-refractivity contribution in [2.45, 2.75) is 12.5 Å². The van der Waals surface area contributed by atoms with Gasteiger partial charge in [0.15, 0.2) is 0 Å². The molecule has 0 unspecified atom stereocenters. The van der Waals surface area contributed by atoms with Crippen LogP contribution in [0.25, 0.3) is 0 Å². The van der Waals surface area contributed by atoms with Crippen molar-refractivity contribution >= 4 is 11.9 Å². The molecular weight excluding hydrogens is 297 g/mol. The third kappa shape index (κ3) is 12.5. The fourth-order valence-corrected chi connectivity index (χ4v) is 0.263. The van der Waals surface area contributed by atoms with Gasteiger partial charge >= 0.3 is 116 Å². The summed E-state index contributed by atoms with van der Waals surface area (Å²) in [6.45, 7) is 0. The standard InChI is InChI=1S/C4H7NO4.2Rb/c5-2(4(8)9)1-3(6)7;;/h2H,1,5H2,(H,6,7)(H,8,9);;/q;2*+1/p-2/t2-;;/m0../s1. The Kier molecular flexibility index (Phi) is 18.4. The van der Waals surface area contributed by atoms with Gasteiger partial charge in [0.05, 0.1) is 5.97 Å². The Morgan fingerprint density at radius 1 is 1.27 bits per heavy atom. The molecular formula is C4H5NO4Rb2. The topological polar surface area (TPSA) is 106 Å². The molecule has 0 amide bonds. The molecule has 0 fully saturated rings. The average Bonchev–Trinajstić information content (AvgIpc) is 1.63. The van der Waals surface area contributed by atoms with Crippen molar-refractivity contribution in [1.29, 1.82) is 0 Å². The Balaban J connectivity index is -0.000000320. The molecule has 52 valence electrons. The van der Waals surface area contributed by atoms with Gasteiger partial charge in [0, 0.05) is 18.4 Å². The number of aliphatic carboxylic acids is 2. The second-order valence-corrected chi connectivity index (χ2v) is 1.50. The van der Waals surface area contributed by atoms with Crippen LogP contribution in [0.1, 0.15) is 6.42 Å². The van der Waals surface area contributed by atoms with Gasteiger partial charge < -0.3 is 25.5 Å². The zero-order valence-corrected chi connectivity index (χ0v) is 16.3. The van der Waals surface area contributed by atoms with Crippen LogP contribution in [0.5, 0.6) is 0 Å². The van der Waals surface area contributed by atoms with E-state index in [-0.39, 0.29) is 116 Å². The van der Waals surface area contributed by atoms with Crippen molar-refractivity contribution in [1.82, 2.24) is 0 Å². The van der Waals surface area contributed by atoms with Gasteiger partial charge in [0.25, 0.3) is 0 Å². The van der Waals surface area contributed by atoms with E-state index >= 15 is 0 Å². The summed E-state index contributed by atoms with van der Waals surface area (Å²) in [4.78, 5) is 19.3. The zero-order valence-electron chi connectivity index (χ0n) is 6.49. The molecule has 0 bridgehead atoms. The number of hydrogen-bond donors (Lipinski definition) is 1. The van der Waals surface area contributed by atoms with Crippen LogP contribution in [0.4, 0.5) is 0 Å². The van der Waals surface area contributed by atoms with Crippen LogP contribution in [0.3, 0.4) is 0 Å². The molecule has 7 heteroatoms. The minimum atomic E-state index is -1.58. The maximum atomic E-state index is 9.71. The van der Waals surface area contributed by atoms with Crippen molar-refractivity contribution in [3.8, 4) is 0 Å². The molecule has 2 N–H and O–H groups in total. The van der Waals surface area contributed by atoms with Crippen molar-refractivity contribution in [3.05, 3.63) is 0 Å². The largest absolute Gasteiger partial charge is 1.00 e. The quantitative estimate of drug-likeness (QED) is 0.557. The monoisotopic (exact) mass is 301 g/mol. The first kappa shape index (κ1) is 19.1. The van der Waals surface area contributed by atoms with Gasteiger partial charge in [-0.3, -0.25) is 0 Å². The van der Waals surface area contributed by atoms with Gasteiger partial charge in [-0.1, -0.05) is 0 Å². The first-order valence-electron chi connectivity index (χ1n) is 2.20. The SMILES string of the molecule is N[C@@H](CC(=O)[O-])C(=O)[O-].[Rb+].[Rb+]. The molecule has 11 heavy (non-hydrogen) atoms. The summed E-state index contributed by atoms with van der Waals surface area (Å²) in [6.07, 6.45) is -0.706. The fourth-order valence-electron chi connectivity index (χ4n) is 0.263. The Bertz CT molecular complexity index is 140. The van der Waals surface area contributed by atoms with Gasteiger partial charge in [-0.25, -0.2) is 0 Å². The third-order valence-electron chi connectivity index (χ3n) is 0.689. The predicted octanol–water partition coefficient (Wildman–Crippen LogP) is -9.79. The van der Waals surface area contributed by atoms with Crippen LogP contribution < -0.4 is 132 Å². The predicted molar refractivity (Wildman–Crippen MR) is 22.6 cm³/mol. The van der Waals surface area contributed by atoms with Crippen LogP contribution in [-0.2, 0) is 9.59 Å². The number of carbonyl (C=O) groups excluding carboxylic acids is 2. The molecule has 0 aromatic carbocycles. The number of rotatable bonds is 3. The molecule has 0 saturated heterocycles. The fraction of sp³-hybridized carbons (Fsp3) is 0.500. The summed E-state index contributed by atoms with van der Waals surface area (Å²) in [5.41, 5.74) is 4.73. The van der Waals surface area contributed by atoms with E-state index in [4.69, 9.17) is 5.73 Å². The van der Waals surface area contributed by atoms with Gasteiger partial charge in [-0.05, 0) is 0 Å². The molecule has 0 radical (unpaired) electrons. The van der Waals surface area contributed by atoms with E-state index in [9.17, 15) is 19.8 Å². The van der Waals surface area contributed by atoms with E-state index in [2.05, 4.69) is 0 Å². The van der Waals surface area contributed by atoms with Crippen LogP contribution in [0.2, 0.25) is 0 Å². The molecule has 0 aromatic rings. The number of carboxylic acid groups (broad SMARTS) is 2. The molecule has 0 aliphatic rings. The molecule has 1 atom stereocenters. The van der Waals surface area contributed by atoms with Gasteiger partial charge in [-0.2, -0.15) is 0 Å². The van der Waals surface area contributed by atoms with E-state index in [1.807, 2.05) is 0 Å².